The van der Waals surface area contributed by atoms with Crippen molar-refractivity contribution in [3.05, 3.63) is 48.0 Å². The number of allylic oxidation sites excluding steroid dienone is 2. The van der Waals surface area contributed by atoms with Crippen molar-refractivity contribution < 1.29 is 14.6 Å². The molecule has 1 aliphatic carbocycles. The van der Waals surface area contributed by atoms with Crippen LogP contribution in [-0.4, -0.2) is 30.8 Å². The van der Waals surface area contributed by atoms with Gasteiger partial charge in [-0.15, -0.1) is 0 Å². The number of carbonyl (C=O) groups excluding carboxylic acids is 1. The summed E-state index contributed by atoms with van der Waals surface area (Å²) in [6.45, 7) is 1.60. The van der Waals surface area contributed by atoms with Crippen molar-refractivity contribution in [1.29, 1.82) is 0 Å². The summed E-state index contributed by atoms with van der Waals surface area (Å²) in [4.78, 5) is 12.5. The van der Waals surface area contributed by atoms with Crippen molar-refractivity contribution in [3.8, 4) is 0 Å². The Hall–Kier alpha value is -1.65. The van der Waals surface area contributed by atoms with Gasteiger partial charge in [0, 0.05) is 19.1 Å². The minimum absolute atomic E-state index is 0.0321. The van der Waals surface area contributed by atoms with Crippen LogP contribution in [0.4, 0.5) is 0 Å². The smallest absolute Gasteiger partial charge is 0.223 e. The summed E-state index contributed by atoms with van der Waals surface area (Å²) >= 11 is 0. The molecule has 0 radical (unpaired) electrons. The average molecular weight is 329 g/mol. The van der Waals surface area contributed by atoms with Crippen LogP contribution >= 0.6 is 0 Å². The van der Waals surface area contributed by atoms with Crippen molar-refractivity contribution in [2.45, 2.75) is 37.7 Å². The van der Waals surface area contributed by atoms with Gasteiger partial charge in [0.25, 0.3) is 0 Å². The molecule has 3 rings (SSSR count). The summed E-state index contributed by atoms with van der Waals surface area (Å²) in [6, 6.07) is 9.72. The van der Waals surface area contributed by atoms with Gasteiger partial charge in [-0.2, -0.15) is 0 Å². The van der Waals surface area contributed by atoms with Gasteiger partial charge in [0.1, 0.15) is 5.60 Å². The van der Waals surface area contributed by atoms with E-state index in [4.69, 9.17) is 4.74 Å². The zero-order valence-electron chi connectivity index (χ0n) is 14.1. The first-order valence-corrected chi connectivity index (χ1v) is 8.98. The highest BCUT2D eigenvalue weighted by atomic mass is 16.5. The second kappa shape index (κ2) is 7.95. The Bertz CT molecular complexity index is 566. The number of ether oxygens (including phenoxy) is 1. The van der Waals surface area contributed by atoms with E-state index in [1.807, 2.05) is 30.3 Å². The van der Waals surface area contributed by atoms with Crippen molar-refractivity contribution in [1.82, 2.24) is 5.32 Å². The molecule has 0 aromatic heterocycles. The van der Waals surface area contributed by atoms with Crippen LogP contribution in [0, 0.1) is 11.8 Å². The zero-order valence-corrected chi connectivity index (χ0v) is 14.1. The molecule has 1 aromatic carbocycles. The highest BCUT2D eigenvalue weighted by Gasteiger charge is 2.39. The molecule has 0 spiro atoms. The van der Waals surface area contributed by atoms with Gasteiger partial charge in [-0.3, -0.25) is 4.79 Å². The van der Waals surface area contributed by atoms with Gasteiger partial charge in [-0.05, 0) is 43.6 Å². The topological polar surface area (TPSA) is 58.6 Å². The molecule has 2 unspecified atom stereocenters. The van der Waals surface area contributed by atoms with E-state index in [0.29, 0.717) is 13.2 Å². The monoisotopic (exact) mass is 329 g/mol. The first-order valence-electron chi connectivity index (χ1n) is 8.98. The lowest BCUT2D eigenvalue weighted by Gasteiger charge is -2.39. The van der Waals surface area contributed by atoms with Crippen LogP contribution in [0.2, 0.25) is 0 Å². The molecule has 1 fully saturated rings. The normalized spacial score (nSPS) is 24.3. The molecule has 4 heteroatoms. The predicted molar refractivity (Wildman–Crippen MR) is 93.4 cm³/mol. The van der Waals surface area contributed by atoms with Crippen LogP contribution in [0.3, 0.4) is 0 Å². The number of hydrogen-bond acceptors (Lipinski definition) is 3. The number of amides is 1. The minimum atomic E-state index is -1.04. The maximum Gasteiger partial charge on any atom is 0.223 e. The molecular formula is C20H27NO3. The standard InChI is InChI=1S/C20H27NO3/c22-19(16-7-3-1-4-8-16)21-15-20(23,17-9-5-2-6-10-17)18-11-13-24-14-12-18/h1-3,5-6,9-10,16,18,23H,4,7-8,11-15H2,(H,21,22). The number of benzene rings is 1. The Kier molecular flexibility index (Phi) is 5.69. The number of hydrogen-bond donors (Lipinski definition) is 2. The molecule has 0 bridgehead atoms. The van der Waals surface area contributed by atoms with Crippen LogP contribution in [0.5, 0.6) is 0 Å². The van der Waals surface area contributed by atoms with Gasteiger partial charge in [-0.1, -0.05) is 42.5 Å². The Balaban J connectivity index is 1.72. The molecule has 1 aromatic rings. The fourth-order valence-electron chi connectivity index (χ4n) is 3.78. The van der Waals surface area contributed by atoms with E-state index in [0.717, 1.165) is 37.7 Å². The average Bonchev–Trinajstić information content (AvgIpc) is 2.68. The molecule has 1 heterocycles. The quantitative estimate of drug-likeness (QED) is 0.817. The van der Waals surface area contributed by atoms with Crippen molar-refractivity contribution in [3.63, 3.8) is 0 Å². The molecule has 24 heavy (non-hydrogen) atoms. The zero-order chi connectivity index (χ0) is 16.8. The molecule has 1 aliphatic heterocycles. The summed E-state index contributed by atoms with van der Waals surface area (Å²) in [5, 5.41) is 14.5. The lowest BCUT2D eigenvalue weighted by Crippen LogP contribution is -2.48. The number of nitrogens with one attached hydrogen (secondary N) is 1. The Morgan fingerprint density at radius 1 is 1.17 bits per heavy atom. The second-order valence-corrected chi connectivity index (χ2v) is 6.88. The molecule has 2 atom stereocenters. The van der Waals surface area contributed by atoms with Crippen LogP contribution < -0.4 is 5.32 Å². The van der Waals surface area contributed by atoms with Gasteiger partial charge in [-0.25, -0.2) is 0 Å². The van der Waals surface area contributed by atoms with E-state index in [2.05, 4.69) is 17.5 Å². The van der Waals surface area contributed by atoms with E-state index in [1.54, 1.807) is 0 Å². The highest BCUT2D eigenvalue weighted by Crippen LogP contribution is 2.36. The lowest BCUT2D eigenvalue weighted by molar-refractivity contribution is -0.128. The first-order chi connectivity index (χ1) is 11.7. The maximum absolute atomic E-state index is 12.5. The molecule has 130 valence electrons. The molecule has 4 nitrogen and oxygen atoms in total. The van der Waals surface area contributed by atoms with Crippen LogP contribution in [0.1, 0.15) is 37.7 Å². The van der Waals surface area contributed by atoms with E-state index < -0.39 is 5.60 Å². The van der Waals surface area contributed by atoms with Gasteiger partial charge < -0.3 is 15.2 Å². The van der Waals surface area contributed by atoms with Gasteiger partial charge in [0.2, 0.25) is 5.91 Å². The van der Waals surface area contributed by atoms with Crippen molar-refractivity contribution in [2.75, 3.05) is 19.8 Å². The van der Waals surface area contributed by atoms with Gasteiger partial charge >= 0.3 is 0 Å². The number of aliphatic hydroxyl groups is 1. The SMILES string of the molecule is O=C(NCC(O)(c1ccccc1)C1CCOCC1)C1CC=CCC1. The number of carbonyl (C=O) groups is 1. The van der Waals surface area contributed by atoms with E-state index >= 15 is 0 Å². The third-order valence-electron chi connectivity index (χ3n) is 5.34. The number of rotatable bonds is 5. The molecule has 2 aliphatic rings. The predicted octanol–water partition coefficient (Wildman–Crippen LogP) is 2.77. The minimum Gasteiger partial charge on any atom is -0.383 e. The summed E-state index contributed by atoms with van der Waals surface area (Å²) < 4.78 is 5.45. The summed E-state index contributed by atoms with van der Waals surface area (Å²) in [7, 11) is 0. The Morgan fingerprint density at radius 3 is 2.58 bits per heavy atom. The molecule has 0 saturated carbocycles. The molecular weight excluding hydrogens is 302 g/mol. The molecule has 1 saturated heterocycles. The van der Waals surface area contributed by atoms with Crippen molar-refractivity contribution in [2.24, 2.45) is 11.8 Å². The third kappa shape index (κ3) is 3.87. The van der Waals surface area contributed by atoms with Crippen LogP contribution in [-0.2, 0) is 15.1 Å². The maximum atomic E-state index is 12.5. The fourth-order valence-corrected chi connectivity index (χ4v) is 3.78. The van der Waals surface area contributed by atoms with E-state index in [9.17, 15) is 9.90 Å². The Labute approximate surface area is 143 Å². The second-order valence-electron chi connectivity index (χ2n) is 6.88. The fraction of sp³-hybridized carbons (Fsp3) is 0.550. The summed E-state index contributed by atoms with van der Waals surface area (Å²) in [5.41, 5.74) is -0.161. The molecule has 2 N–H and O–H groups in total. The van der Waals surface area contributed by atoms with Gasteiger partial charge in [0.05, 0.1) is 6.54 Å². The lowest BCUT2D eigenvalue weighted by atomic mass is 9.77. The first kappa shape index (κ1) is 17.2. The van der Waals surface area contributed by atoms with E-state index in [-0.39, 0.29) is 24.3 Å². The Morgan fingerprint density at radius 2 is 1.92 bits per heavy atom. The summed E-state index contributed by atoms with van der Waals surface area (Å²) in [6.07, 6.45) is 8.49. The molecule has 1 amide bonds. The van der Waals surface area contributed by atoms with E-state index in [1.165, 1.54) is 0 Å². The third-order valence-corrected chi connectivity index (χ3v) is 5.34. The van der Waals surface area contributed by atoms with Crippen molar-refractivity contribution >= 4 is 5.91 Å². The largest absolute Gasteiger partial charge is 0.383 e. The van der Waals surface area contributed by atoms with Crippen LogP contribution in [0.25, 0.3) is 0 Å². The highest BCUT2D eigenvalue weighted by molar-refractivity contribution is 5.79. The summed E-state index contributed by atoms with van der Waals surface area (Å²) in [5.74, 6) is 0.186. The van der Waals surface area contributed by atoms with Crippen LogP contribution in [0.15, 0.2) is 42.5 Å². The van der Waals surface area contributed by atoms with Gasteiger partial charge in [0.15, 0.2) is 0 Å².